The number of hydrogen-bond acceptors (Lipinski definition) is 7. The molecule has 8 heteroatoms. The van der Waals surface area contributed by atoms with E-state index >= 15 is 0 Å². The van der Waals surface area contributed by atoms with Crippen molar-refractivity contribution in [2.24, 2.45) is 45.1 Å². The van der Waals surface area contributed by atoms with E-state index in [1.54, 1.807) is 0 Å². The average Bonchev–Trinajstić information content (AvgIpc) is 3.25. The number of carbonyl (C=O) groups is 3. The van der Waals surface area contributed by atoms with Crippen LogP contribution in [0.5, 0.6) is 0 Å². The second-order valence-corrected chi connectivity index (χ2v) is 16.5. The van der Waals surface area contributed by atoms with Crippen LogP contribution in [0.25, 0.3) is 0 Å². The number of Topliss-reactive ketones (excluding diaryl/α,β-unsaturated/α-hetero) is 1. The molecule has 1 amide bonds. The number of hydrogen-bond donors (Lipinski definition) is 3. The van der Waals surface area contributed by atoms with Crippen LogP contribution < -0.4 is 11.1 Å². The van der Waals surface area contributed by atoms with Gasteiger partial charge in [0.15, 0.2) is 0 Å². The molecule has 2 spiro atoms. The van der Waals surface area contributed by atoms with Crippen molar-refractivity contribution in [2.75, 3.05) is 5.75 Å². The number of aliphatic hydroxyl groups excluding tert-OH is 1. The molecule has 4 unspecified atom stereocenters. The van der Waals surface area contributed by atoms with Crippen LogP contribution in [0.4, 0.5) is 0 Å². The molecule has 4 fully saturated rings. The number of aliphatic hydroxyl groups is 1. The van der Waals surface area contributed by atoms with Crippen LogP contribution in [0, 0.1) is 39.4 Å². The number of carbonyl (C=O) groups excluding carboxylic acids is 3. The van der Waals surface area contributed by atoms with Gasteiger partial charge in [-0.05, 0) is 78.5 Å². The van der Waals surface area contributed by atoms with Gasteiger partial charge in [-0.3, -0.25) is 14.4 Å². The minimum Gasteiger partial charge on any atom is -0.461 e. The van der Waals surface area contributed by atoms with Crippen molar-refractivity contribution in [3.8, 4) is 0 Å². The minimum absolute atomic E-state index is 0.0187. The van der Waals surface area contributed by atoms with Gasteiger partial charge in [0.1, 0.15) is 11.9 Å². The highest BCUT2D eigenvalue weighted by Gasteiger charge is 2.81. The normalized spacial score (nSPS) is 37.8. The van der Waals surface area contributed by atoms with Crippen molar-refractivity contribution in [1.82, 2.24) is 5.32 Å². The summed E-state index contributed by atoms with van der Waals surface area (Å²) in [5.74, 6) is 0.286. The SMILES string of the molecule is C=C[C@]1(C)C[C@@H](OC(=O)CSc2cccc(CNC(=O)[C@H](N)Cc3ccccc3)c2)[C@]2(C)C(C)CC34CC(CCC3=O)(C42)[C@@H](C)[C@@H]1O. The zero-order valence-electron chi connectivity index (χ0n) is 28.2. The summed E-state index contributed by atoms with van der Waals surface area (Å²) in [6.07, 6.45) is 4.72. The molecule has 4 saturated carbocycles. The van der Waals surface area contributed by atoms with E-state index in [9.17, 15) is 19.5 Å². The lowest BCUT2D eigenvalue weighted by Gasteiger charge is -2.71. The largest absolute Gasteiger partial charge is 0.461 e. The Morgan fingerprint density at radius 1 is 1.13 bits per heavy atom. The Morgan fingerprint density at radius 3 is 2.57 bits per heavy atom. The van der Waals surface area contributed by atoms with Crippen LogP contribution in [0.2, 0.25) is 0 Å². The molecule has 252 valence electrons. The van der Waals surface area contributed by atoms with E-state index in [1.807, 2.05) is 67.6 Å². The third-order valence-electron chi connectivity index (χ3n) is 13.0. The summed E-state index contributed by atoms with van der Waals surface area (Å²) in [6.45, 7) is 13.1. The average molecular weight is 659 g/mol. The Morgan fingerprint density at radius 2 is 1.85 bits per heavy atom. The number of esters is 1. The van der Waals surface area contributed by atoms with Gasteiger partial charge in [0.05, 0.1) is 17.9 Å². The predicted molar refractivity (Wildman–Crippen MR) is 184 cm³/mol. The number of rotatable bonds is 10. The molecule has 10 atom stereocenters. The summed E-state index contributed by atoms with van der Waals surface area (Å²) >= 11 is 1.40. The zero-order valence-corrected chi connectivity index (χ0v) is 29.0. The van der Waals surface area contributed by atoms with Crippen LogP contribution in [0.3, 0.4) is 0 Å². The highest BCUT2D eigenvalue weighted by molar-refractivity contribution is 8.00. The Bertz CT molecular complexity index is 1550. The van der Waals surface area contributed by atoms with Crippen LogP contribution >= 0.6 is 11.8 Å². The predicted octanol–water partition coefficient (Wildman–Crippen LogP) is 5.87. The molecule has 7 nitrogen and oxygen atoms in total. The maximum Gasteiger partial charge on any atom is 0.316 e. The number of nitrogens with two attached hydrogens (primary N) is 1. The molecule has 2 bridgehead atoms. The molecule has 47 heavy (non-hydrogen) atoms. The van der Waals surface area contributed by atoms with Crippen LogP contribution in [0.15, 0.2) is 72.1 Å². The van der Waals surface area contributed by atoms with E-state index in [1.165, 1.54) is 11.8 Å². The second kappa shape index (κ2) is 12.5. The molecule has 4 aliphatic carbocycles. The Hall–Kier alpha value is -2.94. The van der Waals surface area contributed by atoms with Gasteiger partial charge in [0.25, 0.3) is 0 Å². The lowest BCUT2D eigenvalue weighted by molar-refractivity contribution is -0.257. The first-order chi connectivity index (χ1) is 22.3. The third kappa shape index (κ3) is 5.58. The van der Waals surface area contributed by atoms with Gasteiger partial charge in [-0.25, -0.2) is 0 Å². The Balaban J connectivity index is 1.13. The molecule has 4 aliphatic rings. The summed E-state index contributed by atoms with van der Waals surface area (Å²) in [7, 11) is 0. The molecule has 0 aromatic heterocycles. The maximum absolute atomic E-state index is 13.6. The fourth-order valence-electron chi connectivity index (χ4n) is 10.4. The molecule has 2 aromatic carbocycles. The van der Waals surface area contributed by atoms with Crippen molar-refractivity contribution in [3.05, 3.63) is 78.4 Å². The molecule has 0 radical (unpaired) electrons. The van der Waals surface area contributed by atoms with Crippen molar-refractivity contribution in [2.45, 2.75) is 95.9 Å². The molecule has 0 aliphatic heterocycles. The summed E-state index contributed by atoms with van der Waals surface area (Å²) < 4.78 is 6.46. The monoisotopic (exact) mass is 658 g/mol. The summed E-state index contributed by atoms with van der Waals surface area (Å²) in [4.78, 5) is 40.7. The number of ether oxygens (including phenoxy) is 1. The first-order valence-corrected chi connectivity index (χ1v) is 18.1. The Labute approximate surface area is 283 Å². The van der Waals surface area contributed by atoms with Gasteiger partial charge < -0.3 is 20.9 Å². The van der Waals surface area contributed by atoms with Crippen LogP contribution in [-0.4, -0.2) is 46.8 Å². The van der Waals surface area contributed by atoms with Gasteiger partial charge in [-0.2, -0.15) is 0 Å². The molecular weight excluding hydrogens is 609 g/mol. The summed E-state index contributed by atoms with van der Waals surface area (Å²) in [5.41, 5.74) is 6.56. The third-order valence-corrected chi connectivity index (χ3v) is 13.9. The highest BCUT2D eigenvalue weighted by atomic mass is 32.2. The van der Waals surface area contributed by atoms with E-state index in [0.717, 1.165) is 35.3 Å². The fraction of sp³-hybridized carbons (Fsp3) is 0.564. The van der Waals surface area contributed by atoms with Gasteiger partial charge >= 0.3 is 5.97 Å². The maximum atomic E-state index is 13.6. The van der Waals surface area contributed by atoms with Gasteiger partial charge in [-0.1, -0.05) is 76.2 Å². The number of thioether (sulfide) groups is 1. The lowest BCUT2D eigenvalue weighted by Crippen LogP contribution is -2.71. The quantitative estimate of drug-likeness (QED) is 0.166. The first-order valence-electron chi connectivity index (χ1n) is 17.1. The smallest absolute Gasteiger partial charge is 0.316 e. The van der Waals surface area contributed by atoms with E-state index in [4.69, 9.17) is 10.5 Å². The van der Waals surface area contributed by atoms with Crippen molar-refractivity contribution >= 4 is 29.4 Å². The molecule has 2 aromatic rings. The summed E-state index contributed by atoms with van der Waals surface area (Å²) in [6, 6.07) is 16.8. The van der Waals surface area contributed by atoms with E-state index in [0.29, 0.717) is 31.6 Å². The lowest BCUT2D eigenvalue weighted by atomic mass is 9.32. The van der Waals surface area contributed by atoms with Gasteiger partial charge in [0.2, 0.25) is 5.91 Å². The molecule has 0 heterocycles. The number of nitrogens with one attached hydrogen (secondary N) is 1. The van der Waals surface area contributed by atoms with E-state index < -0.39 is 23.7 Å². The Kier molecular flexibility index (Phi) is 9.03. The van der Waals surface area contributed by atoms with Crippen LogP contribution in [-0.2, 0) is 32.1 Å². The van der Waals surface area contributed by atoms with Crippen LogP contribution in [0.1, 0.15) is 70.9 Å². The number of amides is 1. The first kappa shape index (κ1) is 33.9. The number of benzene rings is 2. The zero-order chi connectivity index (χ0) is 33.8. The number of ketones is 1. The van der Waals surface area contributed by atoms with E-state index in [2.05, 4.69) is 32.7 Å². The second-order valence-electron chi connectivity index (χ2n) is 15.5. The molecule has 0 saturated heterocycles. The molecule has 4 N–H and O–H groups in total. The van der Waals surface area contributed by atoms with Gasteiger partial charge in [0, 0.05) is 34.1 Å². The van der Waals surface area contributed by atoms with E-state index in [-0.39, 0.29) is 51.6 Å². The summed E-state index contributed by atoms with van der Waals surface area (Å²) in [5, 5.41) is 14.7. The van der Waals surface area contributed by atoms with Crippen molar-refractivity contribution < 1.29 is 24.2 Å². The van der Waals surface area contributed by atoms with Crippen molar-refractivity contribution in [3.63, 3.8) is 0 Å². The minimum atomic E-state index is -0.642. The topological polar surface area (TPSA) is 119 Å². The van der Waals surface area contributed by atoms with Gasteiger partial charge in [-0.15, -0.1) is 18.3 Å². The molecule has 6 rings (SSSR count). The highest BCUT2D eigenvalue weighted by Crippen LogP contribution is 2.82. The van der Waals surface area contributed by atoms with Crippen molar-refractivity contribution in [1.29, 1.82) is 0 Å². The molecular formula is C39H50N2O5S. The fourth-order valence-corrected chi connectivity index (χ4v) is 11.1. The standard InChI is InChI=1S/C39H50N2O5S/c1-6-36(4)20-31(37(5)24(2)19-39-23-38(35(37)39,16-15-30(39)42)25(3)33(36)44)46-32(43)22-47-28-14-10-13-27(17-28)21-41-34(45)29(40)18-26-11-8-7-9-12-26/h6-14,17,24-25,29,31,33,35,44H,1,15-16,18-23,40H2,2-5H3,(H,41,45)/t24?,25-,29+,31+,33-,35?,36+,37-,38?,39?/m0/s1.